The lowest BCUT2D eigenvalue weighted by atomic mass is 10.5. The summed E-state index contributed by atoms with van der Waals surface area (Å²) in [4.78, 5) is 10.1. The van der Waals surface area contributed by atoms with Gasteiger partial charge in [-0.1, -0.05) is 10.4 Å². The van der Waals surface area contributed by atoms with Crippen LogP contribution in [0.4, 0.5) is 5.82 Å². The first-order valence-corrected chi connectivity index (χ1v) is 4.53. The van der Waals surface area contributed by atoms with Gasteiger partial charge in [0.15, 0.2) is 5.82 Å². The molecule has 0 aliphatic rings. The number of nitro groups is 1. The largest absolute Gasteiger partial charge is 0.788 e. The van der Waals surface area contributed by atoms with Crippen LogP contribution in [0.15, 0.2) is 0 Å². The van der Waals surface area contributed by atoms with Crippen molar-refractivity contribution in [3.8, 4) is 0 Å². The van der Waals surface area contributed by atoms with E-state index >= 15 is 0 Å². The molecule has 0 atom stereocenters. The van der Waals surface area contributed by atoms with E-state index in [1.54, 1.807) is 0 Å². The van der Waals surface area contributed by atoms with E-state index in [1.165, 1.54) is 0 Å². The van der Waals surface area contributed by atoms with Gasteiger partial charge in [0.25, 0.3) is 0 Å². The molecule has 0 amide bonds. The zero-order valence-corrected chi connectivity index (χ0v) is 8.46. The zero-order valence-electron chi connectivity index (χ0n) is 8.46. The molecule has 18 heavy (non-hydrogen) atoms. The number of nitrogens with zero attached hydrogens (tertiary/aromatic N) is 9. The van der Waals surface area contributed by atoms with Gasteiger partial charge < -0.3 is 15.3 Å². The second-order valence-electron chi connectivity index (χ2n) is 3.20. The topological polar surface area (TPSA) is 169 Å². The Hall–Kier alpha value is -3.12. The van der Waals surface area contributed by atoms with Gasteiger partial charge in [0.2, 0.25) is 11.2 Å². The van der Waals surface area contributed by atoms with Gasteiger partial charge in [0.05, 0.1) is 5.10 Å². The highest BCUT2D eigenvalue weighted by atomic mass is 16.6. The van der Waals surface area contributed by atoms with Crippen LogP contribution in [0.25, 0.3) is 11.2 Å². The summed E-state index contributed by atoms with van der Waals surface area (Å²) in [5, 5.41) is 45.2. The van der Waals surface area contributed by atoms with Gasteiger partial charge in [-0.3, -0.25) is 4.85 Å². The molecular weight excluding hydrogens is 248 g/mol. The molecule has 0 aliphatic heterocycles. The lowest BCUT2D eigenvalue weighted by Crippen LogP contribution is -2.07. The van der Waals surface area contributed by atoms with Crippen LogP contribution >= 0.6 is 0 Å². The lowest BCUT2D eigenvalue weighted by Gasteiger charge is -2.01. The molecule has 13 nitrogen and oxygen atoms in total. The SMILES string of the molecule is O=[N+]([O-])c1nn(Cc2nn[nH]n2)c2c1nnn2[O-]. The molecule has 0 radical (unpaired) electrons. The van der Waals surface area contributed by atoms with Crippen LogP contribution < -0.4 is 0 Å². The first kappa shape index (κ1) is 10.1. The Bertz CT molecular complexity index is 709. The number of nitrogens with one attached hydrogen (secondary N) is 1. The third-order valence-corrected chi connectivity index (χ3v) is 2.14. The first-order valence-electron chi connectivity index (χ1n) is 4.53. The van der Waals surface area contributed by atoms with Gasteiger partial charge in [-0.2, -0.15) is 5.21 Å². The molecule has 0 aliphatic carbocycles. The van der Waals surface area contributed by atoms with Gasteiger partial charge in [0, 0.05) is 0 Å². The lowest BCUT2D eigenvalue weighted by molar-refractivity contribution is -0.388. The molecule has 3 heterocycles. The Morgan fingerprint density at radius 1 is 1.39 bits per heavy atom. The Morgan fingerprint density at radius 2 is 2.22 bits per heavy atom. The number of aromatic nitrogens is 9. The molecule has 3 rings (SSSR count). The standard InChI is InChI=1S/C5H3N10O3/c16-14-5-3(8-12-14)4(15(17)18)9-13(5)1-2-6-10-11-7-2/h1H2,(H,6,7,10,11)/q-1. The number of tetrazole rings is 1. The molecule has 0 aromatic carbocycles. The van der Waals surface area contributed by atoms with Crippen LogP contribution in [0.3, 0.4) is 0 Å². The van der Waals surface area contributed by atoms with E-state index in [-0.39, 0.29) is 28.4 Å². The number of fused-ring (bicyclic) bond motifs is 1. The number of H-pyrrole nitrogens is 1. The molecule has 13 heteroatoms. The van der Waals surface area contributed by atoms with Crippen LogP contribution in [-0.4, -0.2) is 50.5 Å². The average molecular weight is 251 g/mol. The molecule has 0 fully saturated rings. The van der Waals surface area contributed by atoms with Crippen molar-refractivity contribution in [3.05, 3.63) is 21.1 Å². The molecule has 0 unspecified atom stereocenters. The highest BCUT2D eigenvalue weighted by Crippen LogP contribution is 2.21. The minimum atomic E-state index is -0.746. The van der Waals surface area contributed by atoms with Crippen LogP contribution in [0, 0.1) is 15.3 Å². The molecular formula is C5H3N10O3-. The number of aromatic amines is 1. The Balaban J connectivity index is 2.16. The number of rotatable bonds is 3. The van der Waals surface area contributed by atoms with E-state index in [1.807, 2.05) is 0 Å². The monoisotopic (exact) mass is 251 g/mol. The Morgan fingerprint density at radius 3 is 2.89 bits per heavy atom. The van der Waals surface area contributed by atoms with Crippen LogP contribution in [0.1, 0.15) is 5.82 Å². The van der Waals surface area contributed by atoms with Crippen LogP contribution in [0.2, 0.25) is 0 Å². The van der Waals surface area contributed by atoms with E-state index in [0.717, 1.165) is 4.68 Å². The summed E-state index contributed by atoms with van der Waals surface area (Å²) in [6.07, 6.45) is 0. The van der Waals surface area contributed by atoms with Crippen molar-refractivity contribution in [2.24, 2.45) is 0 Å². The van der Waals surface area contributed by atoms with E-state index in [2.05, 4.69) is 36.0 Å². The van der Waals surface area contributed by atoms with Gasteiger partial charge in [-0.25, -0.2) is 0 Å². The summed E-state index contributed by atoms with van der Waals surface area (Å²) in [6, 6.07) is 0. The molecule has 1 N–H and O–H groups in total. The minimum absolute atomic E-state index is 0.0591. The third kappa shape index (κ3) is 1.34. The maximum absolute atomic E-state index is 11.4. The molecule has 3 aromatic heterocycles. The predicted molar refractivity (Wildman–Crippen MR) is 52.0 cm³/mol. The number of hydrogen-bond donors (Lipinski definition) is 1. The fourth-order valence-corrected chi connectivity index (χ4v) is 1.45. The van der Waals surface area contributed by atoms with Gasteiger partial charge in [-0.05, 0) is 4.92 Å². The number of hydrogen-bond acceptors (Lipinski definition) is 9. The summed E-state index contributed by atoms with van der Waals surface area (Å²) in [7, 11) is 0. The normalized spacial score (nSPS) is 11.1. The smallest absolute Gasteiger partial charge is 0.420 e. The fourth-order valence-electron chi connectivity index (χ4n) is 1.45. The maximum atomic E-state index is 11.4. The maximum Gasteiger partial charge on any atom is 0.420 e. The third-order valence-electron chi connectivity index (χ3n) is 2.14. The molecule has 0 spiro atoms. The predicted octanol–water partition coefficient (Wildman–Crippen LogP) is -1.56. The molecule has 3 aromatic rings. The van der Waals surface area contributed by atoms with Crippen molar-refractivity contribution >= 4 is 17.0 Å². The molecule has 92 valence electrons. The van der Waals surface area contributed by atoms with Crippen molar-refractivity contribution in [1.29, 1.82) is 0 Å². The summed E-state index contributed by atoms with van der Waals surface area (Å²) in [6.45, 7) is -0.0591. The van der Waals surface area contributed by atoms with E-state index in [0.29, 0.717) is 0 Å². The second-order valence-corrected chi connectivity index (χ2v) is 3.20. The van der Waals surface area contributed by atoms with Crippen molar-refractivity contribution in [2.45, 2.75) is 6.54 Å². The van der Waals surface area contributed by atoms with Gasteiger partial charge in [-0.15, -0.1) is 20.0 Å². The van der Waals surface area contributed by atoms with E-state index in [4.69, 9.17) is 0 Å². The zero-order chi connectivity index (χ0) is 12.7. The second kappa shape index (κ2) is 3.44. The van der Waals surface area contributed by atoms with Crippen molar-refractivity contribution in [1.82, 2.24) is 45.6 Å². The van der Waals surface area contributed by atoms with Crippen molar-refractivity contribution in [2.75, 3.05) is 0 Å². The van der Waals surface area contributed by atoms with E-state index < -0.39 is 10.7 Å². The fraction of sp³-hybridized carbons (Fsp3) is 0.200. The highest BCUT2D eigenvalue weighted by molar-refractivity contribution is 5.79. The molecule has 0 saturated carbocycles. The minimum Gasteiger partial charge on any atom is -0.788 e. The van der Waals surface area contributed by atoms with E-state index in [9.17, 15) is 15.3 Å². The summed E-state index contributed by atoms with van der Waals surface area (Å²) < 4.78 is 1.05. The first-order chi connectivity index (χ1) is 8.66. The van der Waals surface area contributed by atoms with Crippen LogP contribution in [0.5, 0.6) is 0 Å². The van der Waals surface area contributed by atoms with Gasteiger partial charge >= 0.3 is 5.82 Å². The molecule has 0 bridgehead atoms. The Labute approximate surface area is 96.1 Å². The van der Waals surface area contributed by atoms with Gasteiger partial charge in [0.1, 0.15) is 6.54 Å². The highest BCUT2D eigenvalue weighted by Gasteiger charge is 2.26. The summed E-state index contributed by atoms with van der Waals surface area (Å²) in [5.74, 6) is -0.328. The van der Waals surface area contributed by atoms with Crippen molar-refractivity contribution in [3.63, 3.8) is 0 Å². The summed E-state index contributed by atoms with van der Waals surface area (Å²) in [5.41, 5.74) is -0.315. The Kier molecular flexibility index (Phi) is 1.92. The average Bonchev–Trinajstić information content (AvgIpc) is 2.99. The quantitative estimate of drug-likeness (QED) is 0.427. The summed E-state index contributed by atoms with van der Waals surface area (Å²) >= 11 is 0. The van der Waals surface area contributed by atoms with Crippen molar-refractivity contribution < 1.29 is 4.92 Å². The van der Waals surface area contributed by atoms with Crippen LogP contribution in [-0.2, 0) is 6.54 Å². The molecule has 0 saturated heterocycles.